The van der Waals surface area contributed by atoms with Crippen LogP contribution in [0.4, 0.5) is 0 Å². The number of benzene rings is 4. The summed E-state index contributed by atoms with van der Waals surface area (Å²) in [5, 5.41) is 0. The Hall–Kier alpha value is -4.31. The SMILES string of the molecule is Cc1ccccc1-c1ncnc(-c2ccccc2)c1C.Cc1ccccc1-c1ncnc(-c2ccccc2)c1C.[Ir+3]. The Balaban J connectivity index is 0.000000184. The first-order chi connectivity index (χ1) is 19.5. The molecule has 5 heteroatoms. The summed E-state index contributed by atoms with van der Waals surface area (Å²) in [6, 6.07) is 37.1. The summed E-state index contributed by atoms with van der Waals surface area (Å²) < 4.78 is 0. The number of hydrogen-bond acceptors (Lipinski definition) is 4. The van der Waals surface area contributed by atoms with E-state index in [4.69, 9.17) is 0 Å². The van der Waals surface area contributed by atoms with Crippen LogP contribution in [0.5, 0.6) is 0 Å². The van der Waals surface area contributed by atoms with E-state index in [1.165, 1.54) is 22.3 Å². The Labute approximate surface area is 256 Å². The normalized spacial score (nSPS) is 10.2. The first-order valence-electron chi connectivity index (χ1n) is 13.4. The van der Waals surface area contributed by atoms with Crippen molar-refractivity contribution in [1.82, 2.24) is 19.9 Å². The second-order valence-corrected chi connectivity index (χ2v) is 9.75. The second-order valence-electron chi connectivity index (χ2n) is 9.75. The topological polar surface area (TPSA) is 51.6 Å². The van der Waals surface area contributed by atoms with Gasteiger partial charge in [0.25, 0.3) is 0 Å². The van der Waals surface area contributed by atoms with E-state index in [2.05, 4.69) is 96.2 Å². The maximum atomic E-state index is 4.48. The Morgan fingerprint density at radius 3 is 1.05 bits per heavy atom. The molecule has 0 aliphatic rings. The predicted octanol–water partition coefficient (Wildman–Crippen LogP) is 8.85. The molecule has 4 nitrogen and oxygen atoms in total. The monoisotopic (exact) mass is 713 g/mol. The van der Waals surface area contributed by atoms with Gasteiger partial charge in [-0.25, -0.2) is 19.9 Å². The standard InChI is InChI=1S/2C18H16N2.Ir/c2*1-13-8-6-7-11-16(13)18-14(2)17(19-12-20-18)15-9-4-3-5-10-15;/h2*3-12H,1-2H3;/q;;+3. The van der Waals surface area contributed by atoms with E-state index in [9.17, 15) is 0 Å². The van der Waals surface area contributed by atoms with Crippen molar-refractivity contribution in [2.45, 2.75) is 27.7 Å². The first kappa shape index (κ1) is 29.7. The van der Waals surface area contributed by atoms with Crippen LogP contribution in [0.3, 0.4) is 0 Å². The average Bonchev–Trinajstić information content (AvgIpc) is 3.00. The summed E-state index contributed by atoms with van der Waals surface area (Å²) in [5.41, 5.74) is 13.3. The van der Waals surface area contributed by atoms with Gasteiger partial charge in [0, 0.05) is 33.4 Å². The maximum Gasteiger partial charge on any atom is 3.00 e. The molecule has 2 heterocycles. The third-order valence-electron chi connectivity index (χ3n) is 7.06. The Morgan fingerprint density at radius 2 is 0.683 bits per heavy atom. The van der Waals surface area contributed by atoms with E-state index in [-0.39, 0.29) is 20.1 Å². The van der Waals surface area contributed by atoms with E-state index < -0.39 is 0 Å². The maximum absolute atomic E-state index is 4.48. The fourth-order valence-corrected chi connectivity index (χ4v) is 4.89. The zero-order valence-corrected chi connectivity index (χ0v) is 26.1. The Bertz CT molecular complexity index is 1600. The third kappa shape index (κ3) is 6.71. The molecule has 6 aromatic rings. The average molecular weight is 713 g/mol. The number of rotatable bonds is 4. The van der Waals surface area contributed by atoms with Crippen molar-refractivity contribution in [3.63, 3.8) is 0 Å². The minimum absolute atomic E-state index is 0. The number of hydrogen-bond donors (Lipinski definition) is 0. The fourth-order valence-electron chi connectivity index (χ4n) is 4.89. The smallest absolute Gasteiger partial charge is 0.236 e. The van der Waals surface area contributed by atoms with E-state index in [0.717, 1.165) is 45.0 Å². The van der Waals surface area contributed by atoms with Crippen molar-refractivity contribution in [2.75, 3.05) is 0 Å². The molecule has 202 valence electrons. The molecular weight excluding hydrogens is 681 g/mol. The molecule has 0 amide bonds. The second kappa shape index (κ2) is 13.8. The molecule has 0 aliphatic carbocycles. The van der Waals surface area contributed by atoms with Crippen LogP contribution in [-0.4, -0.2) is 19.9 Å². The van der Waals surface area contributed by atoms with Crippen LogP contribution in [0.15, 0.2) is 122 Å². The van der Waals surface area contributed by atoms with Gasteiger partial charge in [-0.1, -0.05) is 109 Å². The third-order valence-corrected chi connectivity index (χ3v) is 7.06. The largest absolute Gasteiger partial charge is 3.00 e. The van der Waals surface area contributed by atoms with Gasteiger partial charge in [-0.3, -0.25) is 0 Å². The Kier molecular flexibility index (Phi) is 10.0. The molecule has 0 radical (unpaired) electrons. The molecule has 2 aromatic heterocycles. The molecule has 0 spiro atoms. The molecule has 0 unspecified atom stereocenters. The van der Waals surface area contributed by atoms with Crippen molar-refractivity contribution in [1.29, 1.82) is 0 Å². The van der Waals surface area contributed by atoms with Gasteiger partial charge in [-0.15, -0.1) is 0 Å². The Morgan fingerprint density at radius 1 is 0.366 bits per heavy atom. The van der Waals surface area contributed by atoms with Crippen molar-refractivity contribution in [3.05, 3.63) is 144 Å². The van der Waals surface area contributed by atoms with E-state index in [0.29, 0.717) is 0 Å². The molecule has 0 saturated carbocycles. The van der Waals surface area contributed by atoms with Crippen molar-refractivity contribution in [3.8, 4) is 45.0 Å². The van der Waals surface area contributed by atoms with E-state index in [1.54, 1.807) is 12.7 Å². The first-order valence-corrected chi connectivity index (χ1v) is 13.4. The summed E-state index contributed by atoms with van der Waals surface area (Å²) in [6.07, 6.45) is 3.30. The number of aryl methyl sites for hydroxylation is 2. The molecular formula is C36H32IrN4+3. The summed E-state index contributed by atoms with van der Waals surface area (Å²) in [7, 11) is 0. The predicted molar refractivity (Wildman–Crippen MR) is 165 cm³/mol. The molecule has 41 heavy (non-hydrogen) atoms. The van der Waals surface area contributed by atoms with E-state index in [1.807, 2.05) is 60.7 Å². The van der Waals surface area contributed by atoms with Crippen LogP contribution in [0.2, 0.25) is 0 Å². The van der Waals surface area contributed by atoms with Gasteiger partial charge in [-0.05, 0) is 38.8 Å². The van der Waals surface area contributed by atoms with Crippen molar-refractivity contribution < 1.29 is 20.1 Å². The zero-order valence-electron chi connectivity index (χ0n) is 23.7. The molecule has 0 fully saturated rings. The van der Waals surface area contributed by atoms with Gasteiger partial charge >= 0.3 is 20.1 Å². The van der Waals surface area contributed by atoms with E-state index >= 15 is 0 Å². The molecule has 0 atom stereocenters. The number of aromatic nitrogens is 4. The molecule has 0 N–H and O–H groups in total. The van der Waals surface area contributed by atoms with Crippen molar-refractivity contribution >= 4 is 0 Å². The van der Waals surface area contributed by atoms with Crippen LogP contribution >= 0.6 is 0 Å². The zero-order chi connectivity index (χ0) is 27.9. The van der Waals surface area contributed by atoms with Crippen LogP contribution in [-0.2, 0) is 20.1 Å². The van der Waals surface area contributed by atoms with Crippen molar-refractivity contribution in [2.24, 2.45) is 0 Å². The fraction of sp³-hybridized carbons (Fsp3) is 0.111. The molecule has 0 saturated heterocycles. The van der Waals surface area contributed by atoms with Gasteiger partial charge < -0.3 is 0 Å². The summed E-state index contributed by atoms with van der Waals surface area (Å²) >= 11 is 0. The summed E-state index contributed by atoms with van der Waals surface area (Å²) in [5.74, 6) is 0. The quantitative estimate of drug-likeness (QED) is 0.183. The van der Waals surface area contributed by atoms with Gasteiger partial charge in [0.05, 0.1) is 22.8 Å². The molecule has 6 rings (SSSR count). The van der Waals surface area contributed by atoms with Crippen LogP contribution in [0, 0.1) is 27.7 Å². The molecule has 0 bridgehead atoms. The molecule has 0 aliphatic heterocycles. The van der Waals surface area contributed by atoms with Gasteiger partial charge in [0.2, 0.25) is 0 Å². The minimum atomic E-state index is 0. The minimum Gasteiger partial charge on any atom is -0.236 e. The summed E-state index contributed by atoms with van der Waals surface area (Å²) in [6.45, 7) is 8.40. The van der Waals surface area contributed by atoms with Crippen LogP contribution < -0.4 is 0 Å². The number of nitrogens with zero attached hydrogens (tertiary/aromatic N) is 4. The van der Waals surface area contributed by atoms with Gasteiger partial charge in [0.1, 0.15) is 12.7 Å². The van der Waals surface area contributed by atoms with Gasteiger partial charge in [0.15, 0.2) is 0 Å². The summed E-state index contributed by atoms with van der Waals surface area (Å²) in [4.78, 5) is 17.9. The molecule has 4 aromatic carbocycles. The van der Waals surface area contributed by atoms with Crippen LogP contribution in [0.25, 0.3) is 45.0 Å². The van der Waals surface area contributed by atoms with Crippen LogP contribution in [0.1, 0.15) is 22.3 Å². The van der Waals surface area contributed by atoms with Gasteiger partial charge in [-0.2, -0.15) is 0 Å².